The van der Waals surface area contributed by atoms with E-state index in [9.17, 15) is 4.79 Å². The van der Waals surface area contributed by atoms with Crippen LogP contribution in [-0.2, 0) is 18.3 Å². The number of carbonyl (C=O) groups excluding carboxylic acids is 1. The summed E-state index contributed by atoms with van der Waals surface area (Å²) in [6.45, 7) is 5.06. The summed E-state index contributed by atoms with van der Waals surface area (Å²) >= 11 is 0. The maximum Gasteiger partial charge on any atom is 0.224 e. The third-order valence-corrected chi connectivity index (χ3v) is 3.20. The molecule has 2 aromatic rings. The van der Waals surface area contributed by atoms with Gasteiger partial charge in [0.15, 0.2) is 0 Å². The van der Waals surface area contributed by atoms with E-state index in [0.29, 0.717) is 12.3 Å². The van der Waals surface area contributed by atoms with Gasteiger partial charge in [0.25, 0.3) is 0 Å². The molecule has 1 aromatic heterocycles. The first kappa shape index (κ1) is 13.6. The topological polar surface area (TPSA) is 46.9 Å². The van der Waals surface area contributed by atoms with Gasteiger partial charge >= 0.3 is 0 Å². The van der Waals surface area contributed by atoms with Gasteiger partial charge in [0.05, 0.1) is 23.8 Å². The van der Waals surface area contributed by atoms with Crippen molar-refractivity contribution in [1.29, 1.82) is 0 Å². The minimum Gasteiger partial charge on any atom is -0.356 e. The van der Waals surface area contributed by atoms with Crippen molar-refractivity contribution in [3.63, 3.8) is 0 Å². The predicted octanol–water partition coefficient (Wildman–Crippen LogP) is 2.28. The van der Waals surface area contributed by atoms with Gasteiger partial charge in [0.2, 0.25) is 5.91 Å². The summed E-state index contributed by atoms with van der Waals surface area (Å²) < 4.78 is 1.97. The SMILES string of the molecule is CC(C)CCNC(=O)Cc1ccc2c(c1)ncn2C. The van der Waals surface area contributed by atoms with Crippen molar-refractivity contribution in [2.75, 3.05) is 6.54 Å². The number of rotatable bonds is 5. The van der Waals surface area contributed by atoms with E-state index in [0.717, 1.165) is 29.6 Å². The zero-order valence-electron chi connectivity index (χ0n) is 11.8. The van der Waals surface area contributed by atoms with Crippen LogP contribution in [0.5, 0.6) is 0 Å². The molecule has 0 unspecified atom stereocenters. The Hall–Kier alpha value is -1.84. The number of hydrogen-bond acceptors (Lipinski definition) is 2. The Morgan fingerprint density at radius 1 is 1.42 bits per heavy atom. The molecule has 4 heteroatoms. The van der Waals surface area contributed by atoms with Crippen molar-refractivity contribution in [2.24, 2.45) is 13.0 Å². The molecule has 1 N–H and O–H groups in total. The molecule has 0 aliphatic carbocycles. The van der Waals surface area contributed by atoms with Crippen LogP contribution < -0.4 is 5.32 Å². The van der Waals surface area contributed by atoms with Crippen molar-refractivity contribution in [2.45, 2.75) is 26.7 Å². The van der Waals surface area contributed by atoms with Gasteiger partial charge in [0, 0.05) is 13.6 Å². The molecule has 1 aromatic carbocycles. The van der Waals surface area contributed by atoms with Gasteiger partial charge in [-0.15, -0.1) is 0 Å². The Kier molecular flexibility index (Phi) is 4.20. The highest BCUT2D eigenvalue weighted by molar-refractivity contribution is 5.81. The monoisotopic (exact) mass is 259 g/mol. The Labute approximate surface area is 113 Å². The molecule has 102 valence electrons. The largest absolute Gasteiger partial charge is 0.356 e. The predicted molar refractivity (Wildman–Crippen MR) is 76.9 cm³/mol. The number of nitrogens with zero attached hydrogens (tertiary/aromatic N) is 2. The molecule has 0 spiro atoms. The molecule has 0 radical (unpaired) electrons. The Morgan fingerprint density at radius 2 is 2.21 bits per heavy atom. The summed E-state index contributed by atoms with van der Waals surface area (Å²) in [5.74, 6) is 0.695. The van der Waals surface area contributed by atoms with Gasteiger partial charge < -0.3 is 9.88 Å². The Balaban J connectivity index is 1.95. The first-order chi connectivity index (χ1) is 9.06. The van der Waals surface area contributed by atoms with E-state index in [1.54, 1.807) is 6.33 Å². The zero-order chi connectivity index (χ0) is 13.8. The highest BCUT2D eigenvalue weighted by Gasteiger charge is 2.06. The van der Waals surface area contributed by atoms with Crippen LogP contribution in [-0.4, -0.2) is 22.0 Å². The highest BCUT2D eigenvalue weighted by Crippen LogP contribution is 2.14. The summed E-state index contributed by atoms with van der Waals surface area (Å²) in [6.07, 6.45) is 3.23. The third-order valence-electron chi connectivity index (χ3n) is 3.20. The van der Waals surface area contributed by atoms with Crippen LogP contribution in [0.4, 0.5) is 0 Å². The molecule has 0 aliphatic rings. The molecule has 0 saturated carbocycles. The summed E-state index contributed by atoms with van der Waals surface area (Å²) in [5.41, 5.74) is 3.03. The lowest BCUT2D eigenvalue weighted by molar-refractivity contribution is -0.120. The number of aromatic nitrogens is 2. The van der Waals surface area contributed by atoms with Gasteiger partial charge in [0.1, 0.15) is 0 Å². The molecular formula is C15H21N3O. The quantitative estimate of drug-likeness (QED) is 0.895. The zero-order valence-corrected chi connectivity index (χ0v) is 11.8. The maximum atomic E-state index is 11.8. The van der Waals surface area contributed by atoms with E-state index in [2.05, 4.69) is 24.1 Å². The Morgan fingerprint density at radius 3 is 2.95 bits per heavy atom. The highest BCUT2D eigenvalue weighted by atomic mass is 16.1. The third kappa shape index (κ3) is 3.56. The second kappa shape index (κ2) is 5.87. The van der Waals surface area contributed by atoms with Crippen LogP contribution >= 0.6 is 0 Å². The molecule has 0 saturated heterocycles. The van der Waals surface area contributed by atoms with Crippen LogP contribution in [0.3, 0.4) is 0 Å². The molecule has 0 bridgehead atoms. The average molecular weight is 259 g/mol. The van der Waals surface area contributed by atoms with E-state index in [1.165, 1.54) is 0 Å². The van der Waals surface area contributed by atoms with Gasteiger partial charge in [-0.25, -0.2) is 4.98 Å². The van der Waals surface area contributed by atoms with E-state index >= 15 is 0 Å². The standard InChI is InChI=1S/C15H21N3O/c1-11(2)6-7-16-15(19)9-12-4-5-14-13(8-12)17-10-18(14)3/h4-5,8,10-11H,6-7,9H2,1-3H3,(H,16,19). The number of imidazole rings is 1. The first-order valence-corrected chi connectivity index (χ1v) is 6.73. The van der Waals surface area contributed by atoms with E-state index < -0.39 is 0 Å². The summed E-state index contributed by atoms with van der Waals surface area (Å²) in [5, 5.41) is 2.95. The van der Waals surface area contributed by atoms with E-state index in [-0.39, 0.29) is 5.91 Å². The smallest absolute Gasteiger partial charge is 0.224 e. The maximum absolute atomic E-state index is 11.8. The van der Waals surface area contributed by atoms with E-state index in [4.69, 9.17) is 0 Å². The fourth-order valence-corrected chi connectivity index (χ4v) is 2.04. The molecule has 0 atom stereocenters. The number of fused-ring (bicyclic) bond motifs is 1. The van der Waals surface area contributed by atoms with Gasteiger partial charge in [-0.1, -0.05) is 19.9 Å². The number of hydrogen-bond donors (Lipinski definition) is 1. The van der Waals surface area contributed by atoms with Crippen LogP contribution in [0, 0.1) is 5.92 Å². The van der Waals surface area contributed by atoms with Gasteiger partial charge in [-0.2, -0.15) is 0 Å². The molecule has 0 fully saturated rings. The molecule has 1 heterocycles. The van der Waals surface area contributed by atoms with Crippen molar-refractivity contribution >= 4 is 16.9 Å². The van der Waals surface area contributed by atoms with Crippen LogP contribution in [0.2, 0.25) is 0 Å². The van der Waals surface area contributed by atoms with Crippen molar-refractivity contribution in [3.8, 4) is 0 Å². The van der Waals surface area contributed by atoms with Crippen LogP contribution in [0.15, 0.2) is 24.5 Å². The molecule has 19 heavy (non-hydrogen) atoms. The molecular weight excluding hydrogens is 238 g/mol. The van der Waals surface area contributed by atoms with Crippen molar-refractivity contribution < 1.29 is 4.79 Å². The summed E-state index contributed by atoms with van der Waals surface area (Å²) in [7, 11) is 1.97. The first-order valence-electron chi connectivity index (χ1n) is 6.73. The Bertz CT molecular complexity index is 572. The second-order valence-electron chi connectivity index (χ2n) is 5.39. The molecule has 0 aliphatic heterocycles. The van der Waals surface area contributed by atoms with E-state index in [1.807, 2.05) is 29.8 Å². The summed E-state index contributed by atoms with van der Waals surface area (Å²) in [4.78, 5) is 16.1. The second-order valence-corrected chi connectivity index (χ2v) is 5.39. The van der Waals surface area contributed by atoms with Gasteiger partial charge in [-0.05, 0) is 30.0 Å². The lowest BCUT2D eigenvalue weighted by Crippen LogP contribution is -2.26. The summed E-state index contributed by atoms with van der Waals surface area (Å²) in [6, 6.07) is 5.99. The molecule has 1 amide bonds. The number of benzene rings is 1. The fourth-order valence-electron chi connectivity index (χ4n) is 2.04. The van der Waals surface area contributed by atoms with Crippen molar-refractivity contribution in [1.82, 2.24) is 14.9 Å². The number of carbonyl (C=O) groups is 1. The average Bonchev–Trinajstić information content (AvgIpc) is 2.70. The lowest BCUT2D eigenvalue weighted by atomic mass is 10.1. The minimum absolute atomic E-state index is 0.0796. The normalized spacial score (nSPS) is 11.2. The van der Waals surface area contributed by atoms with Crippen LogP contribution in [0.1, 0.15) is 25.8 Å². The van der Waals surface area contributed by atoms with Crippen molar-refractivity contribution in [3.05, 3.63) is 30.1 Å². The number of nitrogens with one attached hydrogen (secondary N) is 1. The molecule has 2 rings (SSSR count). The number of aryl methyl sites for hydroxylation is 1. The number of amides is 1. The fraction of sp³-hybridized carbons (Fsp3) is 0.467. The van der Waals surface area contributed by atoms with Gasteiger partial charge in [-0.3, -0.25) is 4.79 Å². The minimum atomic E-state index is 0.0796. The molecule has 4 nitrogen and oxygen atoms in total. The lowest BCUT2D eigenvalue weighted by Gasteiger charge is -2.07. The van der Waals surface area contributed by atoms with Crippen LogP contribution in [0.25, 0.3) is 11.0 Å².